The molecule has 2 aliphatic heterocycles. The zero-order valence-corrected chi connectivity index (χ0v) is 8.02. The molecular weight excluding hydrogens is 176 g/mol. The van der Waals surface area contributed by atoms with E-state index >= 15 is 0 Å². The molecule has 1 N–H and O–H groups in total. The van der Waals surface area contributed by atoms with E-state index in [1.54, 1.807) is 0 Å². The highest BCUT2D eigenvalue weighted by atomic mass is 16.2. The van der Waals surface area contributed by atoms with Crippen LogP contribution in [0.3, 0.4) is 0 Å². The van der Waals surface area contributed by atoms with E-state index in [4.69, 9.17) is 0 Å². The Balaban J connectivity index is 1.99. The van der Waals surface area contributed by atoms with Crippen molar-refractivity contribution in [2.45, 2.75) is 24.9 Å². The molecule has 3 nitrogen and oxygen atoms in total. The summed E-state index contributed by atoms with van der Waals surface area (Å²) < 4.78 is 0. The first kappa shape index (κ1) is 8.09. The van der Waals surface area contributed by atoms with Crippen LogP contribution in [-0.2, 0) is 0 Å². The van der Waals surface area contributed by atoms with E-state index in [-0.39, 0.29) is 6.03 Å². The van der Waals surface area contributed by atoms with E-state index in [2.05, 4.69) is 29.6 Å². The van der Waals surface area contributed by atoms with Gasteiger partial charge in [-0.1, -0.05) is 24.3 Å². The van der Waals surface area contributed by atoms with Gasteiger partial charge in [0.25, 0.3) is 0 Å². The Morgan fingerprint density at radius 3 is 3.14 bits per heavy atom. The summed E-state index contributed by atoms with van der Waals surface area (Å²) in [5.41, 5.74) is 0. The second-order valence-corrected chi connectivity index (χ2v) is 4.23. The van der Waals surface area contributed by atoms with E-state index in [1.165, 1.54) is 0 Å². The normalized spacial score (nSPS) is 39.3. The van der Waals surface area contributed by atoms with Gasteiger partial charge >= 0.3 is 6.03 Å². The van der Waals surface area contributed by atoms with Gasteiger partial charge in [0.15, 0.2) is 0 Å². The van der Waals surface area contributed by atoms with Crippen molar-refractivity contribution in [1.82, 2.24) is 10.2 Å². The molecule has 3 rings (SSSR count). The van der Waals surface area contributed by atoms with Crippen molar-refractivity contribution in [3.8, 4) is 0 Å². The van der Waals surface area contributed by atoms with E-state index in [0.29, 0.717) is 18.0 Å². The molecule has 1 fully saturated rings. The lowest BCUT2D eigenvalue weighted by atomic mass is 9.85. The Bertz CT molecular complexity index is 321. The number of allylic oxidation sites excluding steroid dienone is 1. The molecule has 3 heteroatoms. The van der Waals surface area contributed by atoms with E-state index in [0.717, 1.165) is 19.4 Å². The summed E-state index contributed by atoms with van der Waals surface area (Å²) in [6, 6.07) is 0.847. The van der Waals surface area contributed by atoms with E-state index in [1.807, 2.05) is 4.90 Å². The van der Waals surface area contributed by atoms with E-state index < -0.39 is 0 Å². The summed E-state index contributed by atoms with van der Waals surface area (Å²) in [4.78, 5) is 13.6. The van der Waals surface area contributed by atoms with Crippen LogP contribution in [-0.4, -0.2) is 29.6 Å². The standard InChI is InChI=1S/C11H14N2O/c14-11-12-9-6-3-5-8-4-1-2-7-13(11)10(8)9/h1-3,5,8-10H,4,6-7H2,(H,12,14). The number of urea groups is 1. The Kier molecular flexibility index (Phi) is 1.66. The number of rotatable bonds is 0. The average Bonchev–Trinajstić information content (AvgIpc) is 2.39. The largest absolute Gasteiger partial charge is 0.333 e. The second-order valence-electron chi connectivity index (χ2n) is 4.23. The number of hydrogen-bond donors (Lipinski definition) is 1. The zero-order chi connectivity index (χ0) is 9.54. The third-order valence-electron chi connectivity index (χ3n) is 3.43. The molecule has 0 aromatic rings. The summed E-state index contributed by atoms with van der Waals surface area (Å²) in [5.74, 6) is 0.520. The highest BCUT2D eigenvalue weighted by Gasteiger charge is 2.43. The number of carbonyl (C=O) groups excluding carboxylic acids is 1. The number of carbonyl (C=O) groups is 1. The summed E-state index contributed by atoms with van der Waals surface area (Å²) in [5, 5.41) is 3.06. The Labute approximate surface area is 83.5 Å². The van der Waals surface area contributed by atoms with Crippen molar-refractivity contribution in [2.75, 3.05) is 6.54 Å². The summed E-state index contributed by atoms with van der Waals surface area (Å²) >= 11 is 0. The lowest BCUT2D eigenvalue weighted by Crippen LogP contribution is -2.42. The molecular formula is C11H14N2O. The van der Waals surface area contributed by atoms with Crippen LogP contribution in [0.4, 0.5) is 4.79 Å². The number of nitrogens with one attached hydrogen (secondary N) is 1. The Morgan fingerprint density at radius 1 is 1.29 bits per heavy atom. The fraction of sp³-hybridized carbons (Fsp3) is 0.545. The lowest BCUT2D eigenvalue weighted by molar-refractivity contribution is 0.196. The smallest absolute Gasteiger partial charge is 0.318 e. The van der Waals surface area contributed by atoms with Crippen molar-refractivity contribution in [3.63, 3.8) is 0 Å². The van der Waals surface area contributed by atoms with Gasteiger partial charge in [-0.25, -0.2) is 4.79 Å². The van der Waals surface area contributed by atoms with Gasteiger partial charge in [0, 0.05) is 12.5 Å². The van der Waals surface area contributed by atoms with Crippen LogP contribution in [0.5, 0.6) is 0 Å². The van der Waals surface area contributed by atoms with Crippen molar-refractivity contribution < 1.29 is 4.79 Å². The van der Waals surface area contributed by atoms with Gasteiger partial charge in [0.2, 0.25) is 0 Å². The van der Waals surface area contributed by atoms with Crippen molar-refractivity contribution in [2.24, 2.45) is 5.92 Å². The molecule has 1 saturated heterocycles. The fourth-order valence-corrected chi connectivity index (χ4v) is 2.79. The average molecular weight is 190 g/mol. The molecule has 2 heterocycles. The SMILES string of the molecule is O=C1NC2CC=CC3CC=CCN1C32. The van der Waals surface area contributed by atoms with Crippen molar-refractivity contribution in [3.05, 3.63) is 24.3 Å². The van der Waals surface area contributed by atoms with Crippen LogP contribution in [0.2, 0.25) is 0 Å². The highest BCUT2D eigenvalue weighted by molar-refractivity contribution is 5.78. The van der Waals surface area contributed by atoms with Crippen molar-refractivity contribution in [1.29, 1.82) is 0 Å². The van der Waals surface area contributed by atoms with Crippen LogP contribution < -0.4 is 5.32 Å². The third-order valence-corrected chi connectivity index (χ3v) is 3.43. The topological polar surface area (TPSA) is 32.3 Å². The van der Waals surface area contributed by atoms with Gasteiger partial charge in [-0.2, -0.15) is 0 Å². The number of hydrogen-bond acceptors (Lipinski definition) is 1. The molecule has 0 saturated carbocycles. The van der Waals surface area contributed by atoms with E-state index in [9.17, 15) is 4.79 Å². The monoisotopic (exact) mass is 190 g/mol. The molecule has 2 amide bonds. The summed E-state index contributed by atoms with van der Waals surface area (Å²) in [7, 11) is 0. The maximum atomic E-state index is 11.7. The van der Waals surface area contributed by atoms with Crippen LogP contribution in [0.15, 0.2) is 24.3 Å². The molecule has 0 bridgehead atoms. The van der Waals surface area contributed by atoms with Crippen LogP contribution in [0.1, 0.15) is 12.8 Å². The number of amides is 2. The Morgan fingerprint density at radius 2 is 2.21 bits per heavy atom. The first-order valence-electron chi connectivity index (χ1n) is 5.25. The predicted molar refractivity (Wildman–Crippen MR) is 53.8 cm³/mol. The molecule has 3 aliphatic rings. The molecule has 3 unspecified atom stereocenters. The minimum Gasteiger partial charge on any atom is -0.333 e. The zero-order valence-electron chi connectivity index (χ0n) is 8.02. The molecule has 14 heavy (non-hydrogen) atoms. The maximum absolute atomic E-state index is 11.7. The molecule has 3 atom stereocenters. The molecule has 1 aliphatic carbocycles. The second kappa shape index (κ2) is 2.87. The van der Waals surface area contributed by atoms with Gasteiger partial charge in [-0.15, -0.1) is 0 Å². The van der Waals surface area contributed by atoms with Crippen molar-refractivity contribution >= 4 is 6.03 Å². The fourth-order valence-electron chi connectivity index (χ4n) is 2.79. The van der Waals surface area contributed by atoms with Gasteiger partial charge in [-0.3, -0.25) is 0 Å². The summed E-state index contributed by atoms with van der Waals surface area (Å²) in [6.45, 7) is 0.775. The minimum absolute atomic E-state index is 0.111. The maximum Gasteiger partial charge on any atom is 0.318 e. The molecule has 0 aromatic heterocycles. The minimum atomic E-state index is 0.111. The third kappa shape index (κ3) is 1.01. The van der Waals surface area contributed by atoms with Gasteiger partial charge in [0.05, 0.1) is 12.1 Å². The van der Waals surface area contributed by atoms with Gasteiger partial charge in [-0.05, 0) is 12.8 Å². The van der Waals surface area contributed by atoms with Crippen LogP contribution in [0, 0.1) is 5.92 Å². The highest BCUT2D eigenvalue weighted by Crippen LogP contribution is 2.32. The van der Waals surface area contributed by atoms with Gasteiger partial charge < -0.3 is 10.2 Å². The molecule has 0 aromatic carbocycles. The lowest BCUT2D eigenvalue weighted by Gasteiger charge is -2.31. The summed E-state index contributed by atoms with van der Waals surface area (Å²) in [6.07, 6.45) is 10.8. The quantitative estimate of drug-likeness (QED) is 0.573. The van der Waals surface area contributed by atoms with Crippen LogP contribution in [0.25, 0.3) is 0 Å². The first-order valence-corrected chi connectivity index (χ1v) is 5.25. The molecule has 0 radical (unpaired) electrons. The first-order chi connectivity index (χ1) is 6.86. The molecule has 0 spiro atoms. The predicted octanol–water partition coefficient (Wildman–Crippen LogP) is 1.28. The molecule has 74 valence electrons. The number of nitrogens with zero attached hydrogens (tertiary/aromatic N) is 1. The van der Waals surface area contributed by atoms with Crippen LogP contribution >= 0.6 is 0 Å². The Hall–Kier alpha value is -1.25. The van der Waals surface area contributed by atoms with Gasteiger partial charge in [0.1, 0.15) is 0 Å².